The van der Waals surface area contributed by atoms with E-state index in [2.05, 4.69) is 76.1 Å². The molecule has 398 valence electrons. The van der Waals surface area contributed by atoms with Crippen molar-refractivity contribution in [1.29, 1.82) is 0 Å². The molecule has 4 heterocycles. The minimum absolute atomic E-state index is 0.0528. The Balaban J connectivity index is 0.606. The number of anilines is 2. The largest absolute Gasteiger partial charge is 0.458 e. The van der Waals surface area contributed by atoms with Crippen LogP contribution in [0.3, 0.4) is 0 Å². The second kappa shape index (κ2) is 17.7. The van der Waals surface area contributed by atoms with Crippen molar-refractivity contribution in [2.45, 2.75) is 178 Å². The Bertz CT molecular complexity index is 2830. The minimum atomic E-state index is -0.826. The summed E-state index contributed by atoms with van der Waals surface area (Å²) in [6.07, 6.45) is 16.6. The molecule has 13 nitrogen and oxygen atoms in total. The van der Waals surface area contributed by atoms with Gasteiger partial charge in [-0.1, -0.05) is 89.3 Å². The summed E-state index contributed by atoms with van der Waals surface area (Å²) in [5.74, 6) is 1.65. The molecule has 7 aliphatic carbocycles. The van der Waals surface area contributed by atoms with E-state index in [1.807, 2.05) is 48.5 Å². The highest BCUT2D eigenvalue weighted by Gasteiger charge is 3.01. The number of cyclic esters (lactones) is 1. The van der Waals surface area contributed by atoms with E-state index in [4.69, 9.17) is 28.4 Å². The number of carbonyl (C=O) groups excluding carboxylic acids is 3. The number of epoxide rings is 3. The number of hydrogen-bond donors (Lipinski definition) is 4. The van der Waals surface area contributed by atoms with Crippen molar-refractivity contribution in [3.8, 4) is 0 Å². The van der Waals surface area contributed by atoms with Crippen molar-refractivity contribution in [2.24, 2.45) is 46.3 Å². The van der Waals surface area contributed by atoms with Gasteiger partial charge in [-0.25, -0.2) is 14.4 Å². The second-order valence-corrected chi connectivity index (χ2v) is 25.2. The summed E-state index contributed by atoms with van der Waals surface area (Å²) in [6, 6.07) is 15.6. The van der Waals surface area contributed by atoms with Crippen LogP contribution in [0, 0.1) is 46.3 Å². The van der Waals surface area contributed by atoms with Crippen LogP contribution in [0.15, 0.2) is 107 Å². The molecule has 2 aromatic carbocycles. The van der Waals surface area contributed by atoms with Gasteiger partial charge in [-0.05, 0) is 176 Å². The third-order valence-electron chi connectivity index (χ3n) is 21.0. The van der Waals surface area contributed by atoms with Crippen molar-refractivity contribution in [2.75, 3.05) is 17.2 Å². The number of amides is 2. The van der Waals surface area contributed by atoms with Gasteiger partial charge in [-0.15, -0.1) is 0 Å². The molecule has 13 rings (SSSR count). The number of carbonyl (C=O) groups is 3. The van der Waals surface area contributed by atoms with Crippen LogP contribution < -0.4 is 10.6 Å². The molecule has 0 radical (unpaired) electrons. The van der Waals surface area contributed by atoms with Gasteiger partial charge in [-0.3, -0.25) is 10.6 Å². The number of aliphatic hydroxyl groups excluding tert-OH is 2. The molecule has 9 fully saturated rings. The lowest BCUT2D eigenvalue weighted by molar-refractivity contribution is -0.136. The molecule has 11 aliphatic rings. The first-order valence-corrected chi connectivity index (χ1v) is 28.2. The van der Waals surface area contributed by atoms with Crippen molar-refractivity contribution in [1.82, 2.24) is 0 Å². The smallest absolute Gasteiger partial charge is 0.412 e. The zero-order valence-corrected chi connectivity index (χ0v) is 44.1. The maximum absolute atomic E-state index is 13.9. The number of allylic oxidation sites excluding steroid dienone is 4. The van der Waals surface area contributed by atoms with Crippen LogP contribution in [0.1, 0.15) is 123 Å². The summed E-state index contributed by atoms with van der Waals surface area (Å²) < 4.78 is 38.4. The van der Waals surface area contributed by atoms with Gasteiger partial charge < -0.3 is 38.6 Å². The quantitative estimate of drug-likeness (QED) is 0.0688. The Morgan fingerprint density at radius 3 is 2.27 bits per heavy atom. The van der Waals surface area contributed by atoms with Crippen LogP contribution in [0.4, 0.5) is 21.0 Å². The van der Waals surface area contributed by atoms with Crippen LogP contribution >= 0.6 is 0 Å². The lowest BCUT2D eigenvalue weighted by Crippen LogP contribution is -2.70. The van der Waals surface area contributed by atoms with Gasteiger partial charge in [-0.2, -0.15) is 0 Å². The van der Waals surface area contributed by atoms with Gasteiger partial charge in [0.2, 0.25) is 0 Å². The molecular formula is C62H74N2O11. The van der Waals surface area contributed by atoms with Gasteiger partial charge in [0.05, 0.1) is 18.3 Å². The maximum atomic E-state index is 13.9. The summed E-state index contributed by atoms with van der Waals surface area (Å²) in [5, 5.41) is 26.6. The number of fused-ring (bicyclic) bond motifs is 5. The number of benzene rings is 2. The van der Waals surface area contributed by atoms with E-state index >= 15 is 0 Å². The highest BCUT2D eigenvalue weighted by Crippen LogP contribution is 2.83. The first-order valence-electron chi connectivity index (χ1n) is 28.2. The third-order valence-corrected chi connectivity index (χ3v) is 21.0. The number of hydrogen-bond acceptors (Lipinski definition) is 11. The number of aliphatic hydroxyl groups is 2. The summed E-state index contributed by atoms with van der Waals surface area (Å²) >= 11 is 0. The van der Waals surface area contributed by atoms with Gasteiger partial charge in [0.1, 0.15) is 36.1 Å². The average molecular weight is 1020 g/mol. The Hall–Kier alpha value is -5.05. The predicted molar refractivity (Wildman–Crippen MR) is 280 cm³/mol. The normalized spacial score (nSPS) is 41.6. The summed E-state index contributed by atoms with van der Waals surface area (Å²) in [7, 11) is 0. The van der Waals surface area contributed by atoms with E-state index in [0.29, 0.717) is 67.3 Å². The Kier molecular flexibility index (Phi) is 11.7. The van der Waals surface area contributed by atoms with Gasteiger partial charge in [0, 0.05) is 28.8 Å². The highest BCUT2D eigenvalue weighted by molar-refractivity contribution is 5.92. The second-order valence-electron chi connectivity index (χ2n) is 25.2. The van der Waals surface area contributed by atoms with Crippen LogP contribution in [0.2, 0.25) is 0 Å². The number of nitrogens with one attached hydrogen (secondary N) is 2. The summed E-state index contributed by atoms with van der Waals surface area (Å²) in [5.41, 5.74) is 6.14. The molecule has 2 amide bonds. The lowest BCUT2D eigenvalue weighted by Gasteiger charge is -2.53. The van der Waals surface area contributed by atoms with Crippen LogP contribution in [-0.4, -0.2) is 94.5 Å². The van der Waals surface area contributed by atoms with E-state index in [1.165, 1.54) is 12.0 Å². The lowest BCUT2D eigenvalue weighted by atomic mass is 9.46. The summed E-state index contributed by atoms with van der Waals surface area (Å²) in [6.45, 7) is 15.7. The number of ether oxygens (including phenoxy) is 6. The van der Waals surface area contributed by atoms with Crippen molar-refractivity contribution < 1.29 is 53.0 Å². The Labute approximate surface area is 440 Å². The molecule has 4 unspecified atom stereocenters. The zero-order chi connectivity index (χ0) is 52.0. The van der Waals surface area contributed by atoms with E-state index in [0.717, 1.165) is 84.8 Å². The molecule has 0 aromatic heterocycles. The molecule has 16 atom stereocenters. The van der Waals surface area contributed by atoms with Crippen molar-refractivity contribution in [3.63, 3.8) is 0 Å². The van der Waals surface area contributed by atoms with E-state index < -0.39 is 47.3 Å². The fourth-order valence-electron chi connectivity index (χ4n) is 16.8. The standard InChI is InChI=1S/C62H74N2O11/c1-33(2)60-52(74-60)53-62(75-53)59(6)27-25-44-45(32-70-54(44)67)48(59)31-51-61(62,73-51)55(60)72-57(69)64-42-20-12-37(13-21-42)28-36-10-18-41(19-11-36)63-56(68)71-50(39-15-16-39)24-9-34(3)46-22-23-47-38(8-7-26-58(46,47)5)14-17-40-29-43(65)30-49(66)35(40)4/h9-14,17-21,24,33-34,39,43,46-53,55,65-66H,4,7-8,15-16,22-23,25-32H2,1-3,5-6H3,(H,63,68)(H,64,69)/b24-9+,38-14+,40-17-/t34-,43+,46?,47?,48?,49-,50?,51-,52-,53-,55+,58+,59-,60-,61+,62+/m0/s1. The molecule has 4 N–H and O–H groups in total. The number of rotatable bonds is 12. The molecule has 75 heavy (non-hydrogen) atoms. The van der Waals surface area contributed by atoms with E-state index in [-0.39, 0.29) is 53.1 Å². The van der Waals surface area contributed by atoms with Gasteiger partial charge >= 0.3 is 18.2 Å². The Morgan fingerprint density at radius 1 is 0.840 bits per heavy atom. The van der Waals surface area contributed by atoms with Crippen LogP contribution in [0.25, 0.3) is 0 Å². The SMILES string of the molecule is C=C1/C(=C\C=C2/CCC[C@@]3(C)C2CCC3[C@@H](C)/C=C/C(OC(=O)Nc2ccc(Cc3ccc(NC(=O)O[C@@H]4[C@@]5(C(C)C)O[C@H]5[C@@H]5O[C@]56[C@]45O[C@H]5CC4C5=C(CC[C@@]46C)C(=O)OC5)cc3)cc2)C2CC2)C[C@@H](O)C[C@@H]1O. The third kappa shape index (κ3) is 7.73. The molecule has 3 saturated heterocycles. The average Bonchev–Trinajstić information content (AvgIpc) is 4.41. The topological polar surface area (TPSA) is 181 Å². The van der Waals surface area contributed by atoms with Crippen LogP contribution in [0.5, 0.6) is 0 Å². The molecule has 4 aliphatic heterocycles. The highest BCUT2D eigenvalue weighted by atomic mass is 16.8. The zero-order valence-electron chi connectivity index (χ0n) is 44.1. The molecule has 2 spiro atoms. The monoisotopic (exact) mass is 1020 g/mol. The molecular weight excluding hydrogens is 949 g/mol. The first-order chi connectivity index (χ1) is 36.0. The van der Waals surface area contributed by atoms with Crippen molar-refractivity contribution in [3.05, 3.63) is 118 Å². The van der Waals surface area contributed by atoms with E-state index in [9.17, 15) is 24.6 Å². The van der Waals surface area contributed by atoms with E-state index in [1.54, 1.807) is 0 Å². The fourth-order valence-corrected chi connectivity index (χ4v) is 16.8. The minimum Gasteiger partial charge on any atom is -0.458 e. The van der Waals surface area contributed by atoms with Gasteiger partial charge in [0.15, 0.2) is 11.7 Å². The molecule has 0 bridgehead atoms. The first kappa shape index (κ1) is 49.5. The predicted octanol–water partition coefficient (Wildman–Crippen LogP) is 10.6. The Morgan fingerprint density at radius 2 is 1.56 bits per heavy atom. The van der Waals surface area contributed by atoms with Crippen molar-refractivity contribution >= 4 is 29.5 Å². The molecule has 2 aromatic rings. The molecule has 6 saturated carbocycles. The summed E-state index contributed by atoms with van der Waals surface area (Å²) in [4.78, 5) is 39.9. The number of esters is 1. The van der Waals surface area contributed by atoms with Crippen LogP contribution in [-0.2, 0) is 39.6 Å². The van der Waals surface area contributed by atoms with Gasteiger partial charge in [0.25, 0.3) is 0 Å². The fraction of sp³-hybridized carbons (Fsp3) is 0.597. The molecule has 13 heteroatoms. The maximum Gasteiger partial charge on any atom is 0.412 e.